The summed E-state index contributed by atoms with van der Waals surface area (Å²) < 4.78 is 0. The third kappa shape index (κ3) is 11.4. The van der Waals surface area contributed by atoms with Gasteiger partial charge in [0.15, 0.2) is 0 Å². The van der Waals surface area contributed by atoms with Crippen LogP contribution in [-0.4, -0.2) is 11.2 Å². The minimum atomic E-state index is -0.208. The lowest BCUT2D eigenvalue weighted by Gasteiger charge is -1.94. The molecule has 0 fully saturated rings. The van der Waals surface area contributed by atoms with Gasteiger partial charge >= 0.3 is 0 Å². The van der Waals surface area contributed by atoms with E-state index in [2.05, 4.69) is 25.2 Å². The van der Waals surface area contributed by atoms with Crippen molar-refractivity contribution < 1.29 is 5.11 Å². The van der Waals surface area contributed by atoms with Gasteiger partial charge in [-0.05, 0) is 26.2 Å². The van der Waals surface area contributed by atoms with E-state index in [0.717, 1.165) is 12.8 Å². The van der Waals surface area contributed by atoms with E-state index in [1.54, 1.807) is 6.92 Å². The Morgan fingerprint density at radius 1 is 1.15 bits per heavy atom. The smallest absolute Gasteiger partial charge is 0.0546 e. The molecule has 0 amide bonds. The average molecular weight is 182 g/mol. The molecule has 1 N–H and O–H groups in total. The summed E-state index contributed by atoms with van der Waals surface area (Å²) in [5.74, 6) is 0. The Balaban J connectivity index is 3.23. The summed E-state index contributed by atoms with van der Waals surface area (Å²) in [6, 6.07) is 0. The summed E-state index contributed by atoms with van der Waals surface area (Å²) in [5, 5.41) is 8.96. The number of unbranched alkanes of at least 4 members (excludes halogenated alkanes) is 2. The standard InChI is InChI=1S/C12H22O/c1-3-4-5-6-7-8-9-10-11-12(2)13/h6-7,9-10,12-13H,3-5,8,11H2,1-2H3. The van der Waals surface area contributed by atoms with E-state index in [1.807, 2.05) is 6.08 Å². The Hall–Kier alpha value is -0.560. The monoisotopic (exact) mass is 182 g/mol. The van der Waals surface area contributed by atoms with Crippen LogP contribution < -0.4 is 0 Å². The van der Waals surface area contributed by atoms with E-state index in [0.29, 0.717) is 0 Å². The first-order chi connectivity index (χ1) is 6.27. The third-order valence-corrected chi connectivity index (χ3v) is 1.81. The molecule has 1 nitrogen and oxygen atoms in total. The van der Waals surface area contributed by atoms with Crippen LogP contribution in [0.1, 0.15) is 46.0 Å². The SMILES string of the molecule is CCCCC=CCC=CCC(C)O. The summed E-state index contributed by atoms with van der Waals surface area (Å²) in [4.78, 5) is 0. The molecule has 0 saturated carbocycles. The van der Waals surface area contributed by atoms with Crippen molar-refractivity contribution in [3.05, 3.63) is 24.3 Å². The van der Waals surface area contributed by atoms with Gasteiger partial charge in [-0.25, -0.2) is 0 Å². The van der Waals surface area contributed by atoms with Crippen molar-refractivity contribution in [1.29, 1.82) is 0 Å². The number of hydrogen-bond acceptors (Lipinski definition) is 1. The number of aliphatic hydroxyl groups is 1. The van der Waals surface area contributed by atoms with Crippen LogP contribution >= 0.6 is 0 Å². The maximum absolute atomic E-state index is 8.96. The van der Waals surface area contributed by atoms with Crippen molar-refractivity contribution in [3.63, 3.8) is 0 Å². The zero-order valence-electron chi connectivity index (χ0n) is 8.87. The van der Waals surface area contributed by atoms with Gasteiger partial charge in [0.1, 0.15) is 0 Å². The maximum Gasteiger partial charge on any atom is 0.0546 e. The summed E-state index contributed by atoms with van der Waals surface area (Å²) in [7, 11) is 0. The topological polar surface area (TPSA) is 20.2 Å². The molecule has 0 aliphatic heterocycles. The molecule has 0 rings (SSSR count). The maximum atomic E-state index is 8.96. The molecule has 0 radical (unpaired) electrons. The van der Waals surface area contributed by atoms with Crippen LogP contribution in [0.5, 0.6) is 0 Å². The van der Waals surface area contributed by atoms with Gasteiger partial charge in [0.2, 0.25) is 0 Å². The fourth-order valence-electron chi connectivity index (χ4n) is 1.00. The van der Waals surface area contributed by atoms with Crippen molar-refractivity contribution in [2.75, 3.05) is 0 Å². The van der Waals surface area contributed by atoms with Crippen molar-refractivity contribution in [2.45, 2.75) is 52.1 Å². The van der Waals surface area contributed by atoms with Gasteiger partial charge in [-0.15, -0.1) is 0 Å². The number of rotatable bonds is 7. The van der Waals surface area contributed by atoms with Gasteiger partial charge < -0.3 is 5.11 Å². The van der Waals surface area contributed by atoms with Gasteiger partial charge in [-0.3, -0.25) is 0 Å². The molecular weight excluding hydrogens is 160 g/mol. The molecule has 0 heterocycles. The minimum absolute atomic E-state index is 0.208. The highest BCUT2D eigenvalue weighted by Crippen LogP contribution is 1.97. The molecule has 1 atom stereocenters. The molecule has 1 unspecified atom stereocenters. The summed E-state index contributed by atoms with van der Waals surface area (Å²) >= 11 is 0. The Bertz CT molecular complexity index is 145. The Kier molecular flexibility index (Phi) is 9.12. The third-order valence-electron chi connectivity index (χ3n) is 1.81. The van der Waals surface area contributed by atoms with Crippen LogP contribution in [0, 0.1) is 0 Å². The van der Waals surface area contributed by atoms with Gasteiger partial charge in [0, 0.05) is 0 Å². The Labute approximate surface area is 82.2 Å². The first kappa shape index (κ1) is 12.4. The van der Waals surface area contributed by atoms with Crippen molar-refractivity contribution in [3.8, 4) is 0 Å². The molecule has 76 valence electrons. The molecule has 13 heavy (non-hydrogen) atoms. The van der Waals surface area contributed by atoms with Crippen LogP contribution in [0.3, 0.4) is 0 Å². The quantitative estimate of drug-likeness (QED) is 0.472. The molecule has 0 aromatic carbocycles. The molecule has 0 bridgehead atoms. The van der Waals surface area contributed by atoms with Crippen LogP contribution in [-0.2, 0) is 0 Å². The lowest BCUT2D eigenvalue weighted by Crippen LogP contribution is -1.94. The molecule has 0 aromatic heterocycles. The lowest BCUT2D eigenvalue weighted by atomic mass is 10.2. The largest absolute Gasteiger partial charge is 0.393 e. The lowest BCUT2D eigenvalue weighted by molar-refractivity contribution is 0.198. The zero-order chi connectivity index (χ0) is 9.94. The van der Waals surface area contributed by atoms with Crippen LogP contribution in [0.2, 0.25) is 0 Å². The fraction of sp³-hybridized carbons (Fsp3) is 0.667. The number of aliphatic hydroxyl groups excluding tert-OH is 1. The molecule has 0 spiro atoms. The Morgan fingerprint density at radius 2 is 1.85 bits per heavy atom. The molecular formula is C12H22O. The number of allylic oxidation sites excluding steroid dienone is 3. The predicted molar refractivity (Wildman–Crippen MR) is 58.7 cm³/mol. The van der Waals surface area contributed by atoms with Crippen molar-refractivity contribution in [1.82, 2.24) is 0 Å². The van der Waals surface area contributed by atoms with E-state index in [9.17, 15) is 0 Å². The normalized spacial score (nSPS) is 14.4. The average Bonchev–Trinajstić information content (AvgIpc) is 2.09. The second-order valence-corrected chi connectivity index (χ2v) is 3.41. The highest BCUT2D eigenvalue weighted by atomic mass is 16.3. The second kappa shape index (κ2) is 9.53. The van der Waals surface area contributed by atoms with Gasteiger partial charge in [-0.2, -0.15) is 0 Å². The van der Waals surface area contributed by atoms with Crippen molar-refractivity contribution >= 4 is 0 Å². The highest BCUT2D eigenvalue weighted by molar-refractivity contribution is 4.93. The molecule has 0 aliphatic rings. The summed E-state index contributed by atoms with van der Waals surface area (Å²) in [6.45, 7) is 4.01. The summed E-state index contributed by atoms with van der Waals surface area (Å²) in [5.41, 5.74) is 0. The zero-order valence-corrected chi connectivity index (χ0v) is 8.87. The molecule has 0 aliphatic carbocycles. The van der Waals surface area contributed by atoms with E-state index < -0.39 is 0 Å². The van der Waals surface area contributed by atoms with Gasteiger partial charge in [0.25, 0.3) is 0 Å². The van der Waals surface area contributed by atoms with E-state index in [-0.39, 0.29) is 6.10 Å². The second-order valence-electron chi connectivity index (χ2n) is 3.41. The first-order valence-corrected chi connectivity index (χ1v) is 5.25. The summed E-state index contributed by atoms with van der Waals surface area (Å²) in [6.07, 6.45) is 13.9. The Morgan fingerprint density at radius 3 is 2.46 bits per heavy atom. The van der Waals surface area contributed by atoms with Crippen LogP contribution in [0.4, 0.5) is 0 Å². The number of hydrogen-bond donors (Lipinski definition) is 1. The van der Waals surface area contributed by atoms with E-state index in [1.165, 1.54) is 19.3 Å². The minimum Gasteiger partial charge on any atom is -0.393 e. The molecule has 0 saturated heterocycles. The van der Waals surface area contributed by atoms with Crippen LogP contribution in [0.25, 0.3) is 0 Å². The highest BCUT2D eigenvalue weighted by Gasteiger charge is 1.87. The van der Waals surface area contributed by atoms with E-state index in [4.69, 9.17) is 5.11 Å². The van der Waals surface area contributed by atoms with Gasteiger partial charge in [0.05, 0.1) is 6.10 Å². The molecule has 1 heteroatoms. The predicted octanol–water partition coefficient (Wildman–Crippen LogP) is 3.45. The van der Waals surface area contributed by atoms with E-state index >= 15 is 0 Å². The fourth-order valence-corrected chi connectivity index (χ4v) is 1.00. The first-order valence-electron chi connectivity index (χ1n) is 5.25. The van der Waals surface area contributed by atoms with Crippen molar-refractivity contribution in [2.24, 2.45) is 0 Å². The van der Waals surface area contributed by atoms with Crippen LogP contribution in [0.15, 0.2) is 24.3 Å². The van der Waals surface area contributed by atoms with Gasteiger partial charge in [-0.1, -0.05) is 44.1 Å². The molecule has 0 aromatic rings.